The Balaban J connectivity index is 2.87. The summed E-state index contributed by atoms with van der Waals surface area (Å²) in [5.41, 5.74) is -0.170. The molecule has 5 aromatic rings. The van der Waals surface area contributed by atoms with Gasteiger partial charge in [-0.3, -0.25) is 0 Å². The van der Waals surface area contributed by atoms with Crippen molar-refractivity contribution in [1.29, 1.82) is 0 Å². The number of aromatic nitrogens is 3. The Labute approximate surface area is 80.2 Å². The van der Waals surface area contributed by atoms with Crippen LogP contribution in [0.4, 0.5) is 0 Å². The Morgan fingerprint density at radius 3 is 1.73 bits per heavy atom. The molecule has 6 nitrogen and oxygen atoms in total. The highest BCUT2D eigenvalue weighted by Crippen LogP contribution is 2.17. The average molecular weight is 201 g/mol. The van der Waals surface area contributed by atoms with Gasteiger partial charge in [0.15, 0.2) is 0 Å². The number of nitrogens with zero attached hydrogens (tertiary/aromatic N) is 3. The first-order chi connectivity index (χ1) is 7.22. The van der Waals surface area contributed by atoms with Crippen LogP contribution in [-0.4, -0.2) is 13.2 Å². The van der Waals surface area contributed by atoms with Crippen LogP contribution in [0.15, 0.2) is 32.6 Å². The van der Waals surface area contributed by atoms with Gasteiger partial charge in [0.2, 0.25) is 0 Å². The predicted octanol–water partition coefficient (Wildman–Crippen LogP) is -1.16. The van der Waals surface area contributed by atoms with Gasteiger partial charge < -0.3 is 0 Å². The Kier molecular flexibility index (Phi) is 0.802. The van der Waals surface area contributed by atoms with Crippen LogP contribution in [0.3, 0.4) is 0 Å². The highest BCUT2D eigenvalue weighted by Gasteiger charge is 2.24. The van der Waals surface area contributed by atoms with Crippen molar-refractivity contribution in [3.8, 4) is 0 Å². The van der Waals surface area contributed by atoms with Crippen molar-refractivity contribution in [2.24, 2.45) is 0 Å². The summed E-state index contributed by atoms with van der Waals surface area (Å²) in [4.78, 5) is 35.1. The van der Waals surface area contributed by atoms with Crippen LogP contribution in [0.2, 0.25) is 0 Å². The number of rotatable bonds is 0. The number of hydrogen-bond donors (Lipinski definition) is 0. The van der Waals surface area contributed by atoms with Crippen LogP contribution < -0.4 is 17.1 Å². The van der Waals surface area contributed by atoms with E-state index in [1.807, 2.05) is 0 Å². The third-order valence-electron chi connectivity index (χ3n) is 2.85. The van der Waals surface area contributed by atoms with Gasteiger partial charge in [0.05, 0.1) is 11.0 Å². The third-order valence-corrected chi connectivity index (χ3v) is 2.85. The Bertz CT molecular complexity index is 874. The van der Waals surface area contributed by atoms with Crippen LogP contribution in [0, 0.1) is 0 Å². The Morgan fingerprint density at radius 1 is 0.733 bits per heavy atom. The molecule has 0 amide bonds. The van der Waals surface area contributed by atoms with Gasteiger partial charge >= 0.3 is 17.1 Å². The molecule has 0 aliphatic rings. The molecule has 15 heavy (non-hydrogen) atoms. The third kappa shape index (κ3) is 0.475. The summed E-state index contributed by atoms with van der Waals surface area (Å²) in [5, 5.41) is 0. The van der Waals surface area contributed by atoms with Gasteiger partial charge in [-0.15, -0.1) is 0 Å². The van der Waals surface area contributed by atoms with Crippen LogP contribution in [-0.2, 0) is 0 Å². The van der Waals surface area contributed by atoms with Gasteiger partial charge in [-0.05, 0) is 12.1 Å². The second-order valence-electron chi connectivity index (χ2n) is 3.50. The maximum Gasteiger partial charge on any atom is 0.345 e. The van der Waals surface area contributed by atoms with Gasteiger partial charge in [0, 0.05) is 0 Å². The lowest BCUT2D eigenvalue weighted by Crippen LogP contribution is -2.42. The van der Waals surface area contributed by atoms with Crippen molar-refractivity contribution in [3.05, 3.63) is 49.7 Å². The molecule has 1 aromatic carbocycles. The van der Waals surface area contributed by atoms with E-state index < -0.39 is 17.1 Å². The normalized spacial score (nSPS) is 12.8. The van der Waals surface area contributed by atoms with E-state index in [4.69, 9.17) is 0 Å². The first-order valence-electron chi connectivity index (χ1n) is 4.37. The molecule has 0 aliphatic carbocycles. The predicted molar refractivity (Wildman–Crippen MR) is 51.7 cm³/mol. The van der Waals surface area contributed by atoms with Gasteiger partial charge in [-0.1, -0.05) is 6.07 Å². The molecule has 0 saturated carbocycles. The molecule has 0 atom stereocenters. The van der Waals surface area contributed by atoms with E-state index in [1.165, 1.54) is 0 Å². The number of para-hydroxylation sites is 1. The first kappa shape index (κ1) is 6.99. The van der Waals surface area contributed by atoms with Gasteiger partial charge in [-0.25, -0.2) is 27.6 Å². The minimum atomic E-state index is -0.576. The molecular formula is C9H3N3O3. The first-order valence-corrected chi connectivity index (χ1v) is 4.37. The van der Waals surface area contributed by atoms with Crippen LogP contribution in [0.5, 0.6) is 0 Å². The smallest absolute Gasteiger partial charge is 0.246 e. The highest BCUT2D eigenvalue weighted by atomic mass is 16.2. The fourth-order valence-corrected chi connectivity index (χ4v) is 2.26. The average Bonchev–Trinajstić information content (AvgIpc) is 2.57. The van der Waals surface area contributed by atoms with E-state index in [1.54, 1.807) is 18.2 Å². The van der Waals surface area contributed by atoms with Crippen LogP contribution in [0.1, 0.15) is 0 Å². The zero-order valence-electron chi connectivity index (χ0n) is 7.30. The summed E-state index contributed by atoms with van der Waals surface area (Å²) >= 11 is 0. The molecule has 4 aromatic heterocycles. The summed E-state index contributed by atoms with van der Waals surface area (Å²) in [6, 6.07) is 5.03. The minimum Gasteiger partial charge on any atom is -0.246 e. The fourth-order valence-electron chi connectivity index (χ4n) is 2.26. The van der Waals surface area contributed by atoms with Gasteiger partial charge in [0.1, 0.15) is 5.52 Å². The lowest BCUT2D eigenvalue weighted by atomic mass is 10.3. The quantitative estimate of drug-likeness (QED) is 0.360. The van der Waals surface area contributed by atoms with Crippen LogP contribution in [0.25, 0.3) is 16.6 Å². The molecule has 5 rings (SSSR count). The molecule has 0 aliphatic heterocycles. The molecule has 0 unspecified atom stereocenters. The molecule has 0 spiro atoms. The number of benzene rings is 1. The van der Waals surface area contributed by atoms with E-state index in [0.717, 1.165) is 13.2 Å². The van der Waals surface area contributed by atoms with E-state index in [9.17, 15) is 14.4 Å². The van der Waals surface area contributed by atoms with Crippen molar-refractivity contribution in [3.63, 3.8) is 0 Å². The van der Waals surface area contributed by atoms with E-state index >= 15 is 0 Å². The lowest BCUT2D eigenvalue weighted by Gasteiger charge is -1.97. The van der Waals surface area contributed by atoms with Crippen LogP contribution >= 0.6 is 0 Å². The maximum absolute atomic E-state index is 11.7. The van der Waals surface area contributed by atoms with Gasteiger partial charge in [0.25, 0.3) is 0 Å². The summed E-state index contributed by atoms with van der Waals surface area (Å²) in [6.45, 7) is 0. The van der Waals surface area contributed by atoms with E-state index in [0.29, 0.717) is 16.6 Å². The van der Waals surface area contributed by atoms with Crippen molar-refractivity contribution >= 4 is 16.6 Å². The fraction of sp³-hybridized carbons (Fsp3) is 0. The second kappa shape index (κ2) is 1.72. The largest absolute Gasteiger partial charge is 0.345 e. The monoisotopic (exact) mass is 201 g/mol. The molecule has 0 N–H and O–H groups in total. The van der Waals surface area contributed by atoms with Gasteiger partial charge in [-0.2, -0.15) is 0 Å². The molecule has 6 bridgehead atoms. The molecular weight excluding hydrogens is 198 g/mol. The summed E-state index contributed by atoms with van der Waals surface area (Å²) < 4.78 is 3.07. The molecule has 72 valence electrons. The summed E-state index contributed by atoms with van der Waals surface area (Å²) in [5.74, 6) is 0. The maximum atomic E-state index is 11.7. The van der Waals surface area contributed by atoms with Crippen molar-refractivity contribution < 1.29 is 0 Å². The standard InChI is InChI=1S/C9H3N3O3/c13-7-10-4-2-1-3-5-6(4)12(8(10)14)9(15)11(5)7/h1-3H. The van der Waals surface area contributed by atoms with E-state index in [-0.39, 0.29) is 0 Å². The summed E-state index contributed by atoms with van der Waals surface area (Å²) in [6.07, 6.45) is 0. The van der Waals surface area contributed by atoms with Crippen molar-refractivity contribution in [2.75, 3.05) is 0 Å². The molecule has 0 saturated heterocycles. The zero-order valence-corrected chi connectivity index (χ0v) is 7.30. The van der Waals surface area contributed by atoms with Crippen molar-refractivity contribution in [1.82, 2.24) is 13.2 Å². The lowest BCUT2D eigenvalue weighted by molar-refractivity contribution is 0.794. The highest BCUT2D eigenvalue weighted by molar-refractivity contribution is 5.93. The molecule has 0 fully saturated rings. The Hall–Kier alpha value is -2.37. The zero-order chi connectivity index (χ0) is 10.3. The number of hydrogen-bond acceptors (Lipinski definition) is 3. The Morgan fingerprint density at radius 2 is 1.20 bits per heavy atom. The molecule has 6 heteroatoms. The molecule has 4 heterocycles. The minimum absolute atomic E-state index is 0.504. The second-order valence-corrected chi connectivity index (χ2v) is 3.50. The molecule has 0 radical (unpaired) electrons. The SMILES string of the molecule is O=c1n2c(=O)n3c(=O)n1c1cccc2c13. The number of imidazole rings is 2. The topological polar surface area (TPSA) is 64.4 Å². The van der Waals surface area contributed by atoms with Crippen molar-refractivity contribution in [2.45, 2.75) is 0 Å². The van der Waals surface area contributed by atoms with E-state index in [2.05, 4.69) is 0 Å². The summed E-state index contributed by atoms with van der Waals surface area (Å²) in [7, 11) is 0.